The Morgan fingerprint density at radius 3 is 2.10 bits per heavy atom. The molecule has 9 heteroatoms. The van der Waals surface area contributed by atoms with E-state index in [1.807, 2.05) is 0 Å². The van der Waals surface area contributed by atoms with Crippen molar-refractivity contribution in [3.05, 3.63) is 30.1 Å². The van der Waals surface area contributed by atoms with Crippen molar-refractivity contribution in [3.63, 3.8) is 0 Å². The highest BCUT2D eigenvalue weighted by Gasteiger charge is 2.45. The molecule has 1 atom stereocenters. The molecule has 0 spiro atoms. The summed E-state index contributed by atoms with van der Waals surface area (Å²) in [5.74, 6) is -3.71. The minimum atomic E-state index is -4.28. The van der Waals surface area contributed by atoms with Crippen molar-refractivity contribution in [2.24, 2.45) is 0 Å². The van der Waals surface area contributed by atoms with Crippen molar-refractivity contribution in [2.45, 2.75) is 23.8 Å². The number of hydrogen-bond acceptors (Lipinski definition) is 4. The Hall–Kier alpha value is -2.00. The molecule has 0 unspecified atom stereocenters. The van der Waals surface area contributed by atoms with Crippen LogP contribution in [0.25, 0.3) is 0 Å². The van der Waals surface area contributed by atoms with E-state index < -0.39 is 39.7 Å². The van der Waals surface area contributed by atoms with E-state index in [4.69, 9.17) is 5.11 Å². The molecule has 2 N–H and O–H groups in total. The van der Waals surface area contributed by atoms with Crippen LogP contribution in [0.3, 0.4) is 0 Å². The SMILES string of the molecule is CN([C@](C)(CC(=O)O)C(=O)O)S(=O)(=O)c1ccc(F)cc1. The van der Waals surface area contributed by atoms with E-state index in [0.29, 0.717) is 4.31 Å². The second kappa shape index (κ2) is 5.78. The summed E-state index contributed by atoms with van der Waals surface area (Å²) in [7, 11) is -3.31. The maximum Gasteiger partial charge on any atom is 0.325 e. The maximum atomic E-state index is 12.8. The second-order valence-corrected chi connectivity index (χ2v) is 6.55. The highest BCUT2D eigenvalue weighted by molar-refractivity contribution is 7.89. The van der Waals surface area contributed by atoms with Crippen LogP contribution >= 0.6 is 0 Å². The number of hydrogen-bond donors (Lipinski definition) is 2. The maximum absolute atomic E-state index is 12.8. The summed E-state index contributed by atoms with van der Waals surface area (Å²) < 4.78 is 37.9. The number of carbonyl (C=O) groups is 2. The highest BCUT2D eigenvalue weighted by Crippen LogP contribution is 2.26. The van der Waals surface area contributed by atoms with Gasteiger partial charge in [-0.1, -0.05) is 0 Å². The number of aliphatic carboxylic acids is 2. The summed E-state index contributed by atoms with van der Waals surface area (Å²) in [6.45, 7) is 0.991. The molecule has 0 heterocycles. The Kier molecular flexibility index (Phi) is 4.69. The molecule has 21 heavy (non-hydrogen) atoms. The van der Waals surface area contributed by atoms with Gasteiger partial charge in [0.05, 0.1) is 11.3 Å². The smallest absolute Gasteiger partial charge is 0.325 e. The summed E-state index contributed by atoms with van der Waals surface area (Å²) in [6.07, 6.45) is -0.917. The number of halogens is 1. The standard InChI is InChI=1S/C12H14FNO6S/c1-12(11(17)18,7-10(15)16)14(2)21(19,20)9-5-3-8(13)4-6-9/h3-6H,7H2,1-2H3,(H,15,16)(H,17,18)/t12-/m1/s1. The third-order valence-corrected chi connectivity index (χ3v) is 5.12. The molecule has 0 saturated heterocycles. The van der Waals surface area contributed by atoms with E-state index in [-0.39, 0.29) is 4.90 Å². The van der Waals surface area contributed by atoms with Crippen molar-refractivity contribution in [3.8, 4) is 0 Å². The Morgan fingerprint density at radius 2 is 1.71 bits per heavy atom. The van der Waals surface area contributed by atoms with Crippen LogP contribution in [0.15, 0.2) is 29.2 Å². The molecule has 0 aliphatic carbocycles. The van der Waals surface area contributed by atoms with Crippen LogP contribution in [0.4, 0.5) is 4.39 Å². The van der Waals surface area contributed by atoms with Crippen molar-refractivity contribution in [1.29, 1.82) is 0 Å². The lowest BCUT2D eigenvalue weighted by molar-refractivity contribution is -0.153. The van der Waals surface area contributed by atoms with Crippen LogP contribution in [0.5, 0.6) is 0 Å². The third-order valence-electron chi connectivity index (χ3n) is 3.12. The van der Waals surface area contributed by atoms with Gasteiger partial charge in [-0.25, -0.2) is 12.8 Å². The predicted molar refractivity (Wildman–Crippen MR) is 69.6 cm³/mol. The lowest BCUT2D eigenvalue weighted by atomic mass is 9.99. The zero-order chi connectivity index (χ0) is 16.4. The molecular formula is C12H14FNO6S. The van der Waals surface area contributed by atoms with E-state index in [9.17, 15) is 27.5 Å². The van der Waals surface area contributed by atoms with Gasteiger partial charge in [0, 0.05) is 7.05 Å². The molecular weight excluding hydrogens is 305 g/mol. The second-order valence-electron chi connectivity index (χ2n) is 4.58. The minimum absolute atomic E-state index is 0.329. The molecule has 0 aliphatic rings. The summed E-state index contributed by atoms with van der Waals surface area (Å²) >= 11 is 0. The Labute approximate surface area is 120 Å². The van der Waals surface area contributed by atoms with Gasteiger partial charge in [0.1, 0.15) is 11.4 Å². The number of sulfonamides is 1. The number of rotatable bonds is 6. The fourth-order valence-corrected chi connectivity index (χ4v) is 3.12. The van der Waals surface area contributed by atoms with Crippen molar-refractivity contribution in [1.82, 2.24) is 4.31 Å². The first-order chi connectivity index (χ1) is 9.51. The number of carboxylic acids is 2. The zero-order valence-electron chi connectivity index (χ0n) is 11.3. The lowest BCUT2D eigenvalue weighted by Crippen LogP contribution is -2.54. The van der Waals surface area contributed by atoms with Crippen LogP contribution < -0.4 is 0 Å². The molecule has 1 rings (SSSR count). The highest BCUT2D eigenvalue weighted by atomic mass is 32.2. The molecule has 0 aliphatic heterocycles. The molecule has 7 nitrogen and oxygen atoms in total. The molecule has 0 amide bonds. The van der Waals surface area contributed by atoms with Crippen LogP contribution in [-0.2, 0) is 19.6 Å². The lowest BCUT2D eigenvalue weighted by Gasteiger charge is -2.32. The van der Waals surface area contributed by atoms with Crippen molar-refractivity contribution in [2.75, 3.05) is 7.05 Å². The van der Waals surface area contributed by atoms with Gasteiger partial charge < -0.3 is 10.2 Å². The number of nitrogens with zero attached hydrogens (tertiary/aromatic N) is 1. The van der Waals surface area contributed by atoms with Gasteiger partial charge in [-0.3, -0.25) is 9.59 Å². The molecule has 0 fully saturated rings. The average molecular weight is 319 g/mol. The number of carboxylic acid groups (broad SMARTS) is 2. The average Bonchev–Trinajstić information content (AvgIpc) is 2.37. The van der Waals surface area contributed by atoms with Crippen LogP contribution in [-0.4, -0.2) is 47.5 Å². The summed E-state index contributed by atoms with van der Waals surface area (Å²) in [6, 6.07) is 3.78. The van der Waals surface area contributed by atoms with Crippen molar-refractivity contribution < 1.29 is 32.6 Å². The summed E-state index contributed by atoms with van der Waals surface area (Å²) in [5.41, 5.74) is -2.17. The van der Waals surface area contributed by atoms with E-state index in [1.165, 1.54) is 0 Å². The molecule has 0 saturated carbocycles. The first kappa shape index (κ1) is 17.1. The molecule has 1 aromatic rings. The molecule has 0 radical (unpaired) electrons. The topological polar surface area (TPSA) is 112 Å². The normalized spacial score (nSPS) is 14.7. The van der Waals surface area contributed by atoms with E-state index in [1.54, 1.807) is 0 Å². The van der Waals surface area contributed by atoms with Gasteiger partial charge >= 0.3 is 11.9 Å². The number of likely N-dealkylation sites (N-methyl/N-ethyl adjacent to an activating group) is 1. The van der Waals surface area contributed by atoms with Crippen LogP contribution in [0, 0.1) is 5.82 Å². The monoisotopic (exact) mass is 319 g/mol. The Bertz CT molecular complexity index is 657. The van der Waals surface area contributed by atoms with Crippen molar-refractivity contribution >= 4 is 22.0 Å². The van der Waals surface area contributed by atoms with Gasteiger partial charge in [0.2, 0.25) is 10.0 Å². The number of benzene rings is 1. The van der Waals surface area contributed by atoms with Gasteiger partial charge in [-0.15, -0.1) is 0 Å². The zero-order valence-corrected chi connectivity index (χ0v) is 12.1. The first-order valence-electron chi connectivity index (χ1n) is 5.71. The molecule has 1 aromatic carbocycles. The quantitative estimate of drug-likeness (QED) is 0.801. The Morgan fingerprint density at radius 1 is 1.24 bits per heavy atom. The molecule has 0 aromatic heterocycles. The van der Waals surface area contributed by atoms with Gasteiger partial charge in [-0.2, -0.15) is 4.31 Å². The third kappa shape index (κ3) is 3.37. The fourth-order valence-electron chi connectivity index (χ4n) is 1.65. The summed E-state index contributed by atoms with van der Waals surface area (Å²) in [4.78, 5) is 21.8. The largest absolute Gasteiger partial charge is 0.481 e. The first-order valence-corrected chi connectivity index (χ1v) is 7.15. The van der Waals surface area contributed by atoms with E-state index in [2.05, 4.69) is 0 Å². The molecule has 0 bridgehead atoms. The van der Waals surface area contributed by atoms with Crippen LogP contribution in [0.1, 0.15) is 13.3 Å². The summed E-state index contributed by atoms with van der Waals surface area (Å²) in [5, 5.41) is 18.0. The molecule has 116 valence electrons. The minimum Gasteiger partial charge on any atom is -0.481 e. The Balaban J connectivity index is 3.31. The predicted octanol–water partition coefficient (Wildman–Crippen LogP) is 0.764. The van der Waals surface area contributed by atoms with E-state index >= 15 is 0 Å². The van der Waals surface area contributed by atoms with Crippen LogP contribution in [0.2, 0.25) is 0 Å². The van der Waals surface area contributed by atoms with Gasteiger partial charge in [0.15, 0.2) is 0 Å². The van der Waals surface area contributed by atoms with Gasteiger partial charge in [0.25, 0.3) is 0 Å². The van der Waals surface area contributed by atoms with E-state index in [0.717, 1.165) is 38.2 Å². The fraction of sp³-hybridized carbons (Fsp3) is 0.333. The van der Waals surface area contributed by atoms with Gasteiger partial charge in [-0.05, 0) is 31.2 Å².